The molecule has 0 aliphatic carbocycles. The quantitative estimate of drug-likeness (QED) is 0.418. The number of hydrogen-bond acceptors (Lipinski definition) is 6. The number of rotatable bonds is 5. The minimum Gasteiger partial charge on any atom is -0.384 e. The summed E-state index contributed by atoms with van der Waals surface area (Å²) in [6, 6.07) is 22.2. The average molecular weight is 422 g/mol. The summed E-state index contributed by atoms with van der Waals surface area (Å²) in [5.74, 6) is 1.46. The molecule has 0 unspecified atom stereocenters. The summed E-state index contributed by atoms with van der Waals surface area (Å²) in [5, 5.41) is 3.37. The van der Waals surface area contributed by atoms with Crippen LogP contribution in [-0.2, 0) is 0 Å². The number of benzene rings is 2. The van der Waals surface area contributed by atoms with Crippen molar-refractivity contribution >= 4 is 17.5 Å². The highest BCUT2D eigenvalue weighted by Crippen LogP contribution is 2.26. The molecule has 158 valence electrons. The number of aromatic nitrogens is 5. The second-order valence-corrected chi connectivity index (χ2v) is 7.77. The van der Waals surface area contributed by atoms with E-state index < -0.39 is 0 Å². The fraction of sp³-hybridized carbons (Fsp3) is 0.120. The number of nitrogens with one attached hydrogen (secondary N) is 1. The first kappa shape index (κ1) is 19.7. The molecule has 5 aromatic rings. The number of nitrogen functional groups attached to an aromatic ring is 1. The minimum atomic E-state index is 0.0652. The number of fused-ring (bicyclic) bond motifs is 1. The molecule has 3 N–H and O–H groups in total. The highest BCUT2D eigenvalue weighted by molar-refractivity contribution is 5.68. The molecule has 2 aromatic carbocycles. The molecule has 0 fully saturated rings. The van der Waals surface area contributed by atoms with E-state index in [-0.39, 0.29) is 6.04 Å². The number of nitrogens with zero attached hydrogens (tertiary/aromatic N) is 5. The van der Waals surface area contributed by atoms with Gasteiger partial charge in [-0.2, -0.15) is 4.98 Å². The van der Waals surface area contributed by atoms with Crippen molar-refractivity contribution in [2.45, 2.75) is 19.9 Å². The summed E-state index contributed by atoms with van der Waals surface area (Å²) in [4.78, 5) is 18.2. The van der Waals surface area contributed by atoms with E-state index in [0.29, 0.717) is 17.5 Å². The first-order valence-corrected chi connectivity index (χ1v) is 10.4. The third kappa shape index (κ3) is 3.88. The van der Waals surface area contributed by atoms with E-state index in [1.807, 2.05) is 34.9 Å². The fourth-order valence-corrected chi connectivity index (χ4v) is 3.63. The maximum Gasteiger partial charge on any atom is 0.236 e. The molecular weight excluding hydrogens is 398 g/mol. The second-order valence-electron chi connectivity index (χ2n) is 7.77. The fourth-order valence-electron chi connectivity index (χ4n) is 3.63. The van der Waals surface area contributed by atoms with Crippen molar-refractivity contribution in [2.24, 2.45) is 0 Å². The Morgan fingerprint density at radius 2 is 1.69 bits per heavy atom. The van der Waals surface area contributed by atoms with Crippen LogP contribution in [-0.4, -0.2) is 24.3 Å². The molecular formula is C25H23N7. The lowest BCUT2D eigenvalue weighted by atomic mass is 10.1. The zero-order chi connectivity index (χ0) is 22.1. The second kappa shape index (κ2) is 8.11. The van der Waals surface area contributed by atoms with E-state index in [0.717, 1.165) is 28.2 Å². The summed E-state index contributed by atoms with van der Waals surface area (Å²) in [7, 11) is 0. The van der Waals surface area contributed by atoms with Gasteiger partial charge in [0.2, 0.25) is 11.7 Å². The van der Waals surface area contributed by atoms with Crippen LogP contribution in [0, 0.1) is 6.92 Å². The van der Waals surface area contributed by atoms with Crippen LogP contribution >= 0.6 is 0 Å². The Balaban J connectivity index is 1.53. The van der Waals surface area contributed by atoms with Gasteiger partial charge in [0, 0.05) is 24.0 Å². The van der Waals surface area contributed by atoms with Gasteiger partial charge in [-0.3, -0.25) is 4.40 Å². The number of aryl methyl sites for hydroxylation is 1. The Hall–Kier alpha value is -4.26. The van der Waals surface area contributed by atoms with Crippen molar-refractivity contribution in [3.8, 4) is 22.6 Å². The van der Waals surface area contributed by atoms with Crippen molar-refractivity contribution < 1.29 is 0 Å². The molecule has 7 heteroatoms. The van der Waals surface area contributed by atoms with E-state index in [9.17, 15) is 0 Å². The van der Waals surface area contributed by atoms with Crippen LogP contribution in [0.3, 0.4) is 0 Å². The summed E-state index contributed by atoms with van der Waals surface area (Å²) in [5.41, 5.74) is 11.8. The van der Waals surface area contributed by atoms with Gasteiger partial charge in [-0.25, -0.2) is 15.0 Å². The van der Waals surface area contributed by atoms with Crippen molar-refractivity contribution in [1.29, 1.82) is 0 Å². The van der Waals surface area contributed by atoms with Gasteiger partial charge in [-0.15, -0.1) is 0 Å². The molecule has 0 amide bonds. The van der Waals surface area contributed by atoms with Crippen LogP contribution in [0.2, 0.25) is 0 Å². The molecule has 0 aliphatic rings. The van der Waals surface area contributed by atoms with Crippen molar-refractivity contribution in [2.75, 3.05) is 11.1 Å². The molecule has 3 aromatic heterocycles. The third-order valence-corrected chi connectivity index (χ3v) is 5.37. The molecule has 0 bridgehead atoms. The molecule has 0 spiro atoms. The van der Waals surface area contributed by atoms with Crippen molar-refractivity contribution in [1.82, 2.24) is 24.3 Å². The standard InChI is InChI=1S/C25H23N7/c1-16-8-10-19(11-9-16)21-15-32-22(14-23(26)31-25(32)30-21)20-12-13-27-24(29-20)28-17(2)18-6-4-3-5-7-18/h3-15,17H,1-2H3,(H2,26,30,31)(H,27,28,29)/t17-/m0/s1. The van der Waals surface area contributed by atoms with Crippen molar-refractivity contribution in [3.05, 3.63) is 90.3 Å². The summed E-state index contributed by atoms with van der Waals surface area (Å²) < 4.78 is 1.91. The van der Waals surface area contributed by atoms with Crippen LogP contribution < -0.4 is 11.1 Å². The smallest absolute Gasteiger partial charge is 0.236 e. The number of imidazole rings is 1. The molecule has 5 rings (SSSR count). The van der Waals surface area contributed by atoms with Crippen LogP contribution in [0.4, 0.5) is 11.8 Å². The monoisotopic (exact) mass is 421 g/mol. The molecule has 32 heavy (non-hydrogen) atoms. The Morgan fingerprint density at radius 3 is 2.47 bits per heavy atom. The van der Waals surface area contributed by atoms with E-state index in [4.69, 9.17) is 10.7 Å². The largest absolute Gasteiger partial charge is 0.384 e. The molecule has 3 heterocycles. The van der Waals surface area contributed by atoms with Gasteiger partial charge in [0.05, 0.1) is 23.1 Å². The Kier molecular flexibility index (Phi) is 4.99. The van der Waals surface area contributed by atoms with Gasteiger partial charge in [0.25, 0.3) is 0 Å². The van der Waals surface area contributed by atoms with Gasteiger partial charge < -0.3 is 11.1 Å². The summed E-state index contributed by atoms with van der Waals surface area (Å²) >= 11 is 0. The highest BCUT2D eigenvalue weighted by Gasteiger charge is 2.14. The predicted molar refractivity (Wildman–Crippen MR) is 127 cm³/mol. The lowest BCUT2D eigenvalue weighted by molar-refractivity contribution is 0.860. The molecule has 7 nitrogen and oxygen atoms in total. The molecule has 0 aliphatic heterocycles. The third-order valence-electron chi connectivity index (χ3n) is 5.37. The van der Waals surface area contributed by atoms with Gasteiger partial charge in [0.15, 0.2) is 0 Å². The highest BCUT2D eigenvalue weighted by atomic mass is 15.1. The van der Waals surface area contributed by atoms with Crippen LogP contribution in [0.5, 0.6) is 0 Å². The maximum atomic E-state index is 6.10. The van der Waals surface area contributed by atoms with Crippen LogP contribution in [0.15, 0.2) is 79.1 Å². The van der Waals surface area contributed by atoms with E-state index in [1.165, 1.54) is 5.56 Å². The van der Waals surface area contributed by atoms with E-state index in [2.05, 4.69) is 70.5 Å². The first-order chi connectivity index (χ1) is 15.6. The number of anilines is 2. The van der Waals surface area contributed by atoms with Gasteiger partial charge in [0.1, 0.15) is 5.82 Å². The lowest BCUT2D eigenvalue weighted by Crippen LogP contribution is -2.10. The Morgan fingerprint density at radius 1 is 0.906 bits per heavy atom. The Bertz CT molecular complexity index is 1380. The van der Waals surface area contributed by atoms with Gasteiger partial charge >= 0.3 is 0 Å². The van der Waals surface area contributed by atoms with E-state index in [1.54, 1.807) is 12.3 Å². The molecule has 0 radical (unpaired) electrons. The molecule has 0 saturated carbocycles. The molecule has 1 atom stereocenters. The average Bonchev–Trinajstić information content (AvgIpc) is 3.23. The zero-order valence-electron chi connectivity index (χ0n) is 17.9. The van der Waals surface area contributed by atoms with Crippen LogP contribution in [0.25, 0.3) is 28.4 Å². The van der Waals surface area contributed by atoms with Gasteiger partial charge in [-0.1, -0.05) is 60.2 Å². The number of hydrogen-bond donors (Lipinski definition) is 2. The Labute approximate surface area is 186 Å². The number of nitrogens with two attached hydrogens (primary N) is 1. The SMILES string of the molecule is Cc1ccc(-c2cn3c(-c4ccnc(N[C@@H](C)c5ccccc5)n4)cc(N)nc3n2)cc1. The van der Waals surface area contributed by atoms with E-state index >= 15 is 0 Å². The first-order valence-electron chi connectivity index (χ1n) is 10.4. The zero-order valence-corrected chi connectivity index (χ0v) is 17.9. The normalized spacial score (nSPS) is 12.1. The summed E-state index contributed by atoms with van der Waals surface area (Å²) in [6.45, 7) is 4.14. The van der Waals surface area contributed by atoms with Crippen molar-refractivity contribution in [3.63, 3.8) is 0 Å². The lowest BCUT2D eigenvalue weighted by Gasteiger charge is -2.14. The summed E-state index contributed by atoms with van der Waals surface area (Å²) in [6.07, 6.45) is 3.70. The topological polar surface area (TPSA) is 94.0 Å². The van der Waals surface area contributed by atoms with Crippen LogP contribution in [0.1, 0.15) is 24.1 Å². The minimum absolute atomic E-state index is 0.0652. The predicted octanol–water partition coefficient (Wildman–Crippen LogP) is 4.92. The molecule has 0 saturated heterocycles. The maximum absolute atomic E-state index is 6.10. The van der Waals surface area contributed by atoms with Gasteiger partial charge in [-0.05, 0) is 25.5 Å².